The Labute approximate surface area is 174 Å². The van der Waals surface area contributed by atoms with Gasteiger partial charge in [-0.2, -0.15) is 0 Å². The molecule has 0 aliphatic rings. The van der Waals surface area contributed by atoms with Gasteiger partial charge in [0.15, 0.2) is 0 Å². The van der Waals surface area contributed by atoms with Gasteiger partial charge in [0.25, 0.3) is 0 Å². The molecule has 0 saturated carbocycles. The van der Waals surface area contributed by atoms with Gasteiger partial charge in [0.05, 0.1) is 5.97 Å². The first-order valence-corrected chi connectivity index (χ1v) is 10.3. The number of hydrogen-bond acceptors (Lipinski definition) is 3. The number of carbonyl (C=O) groups is 1. The van der Waals surface area contributed by atoms with Crippen LogP contribution in [-0.4, -0.2) is 29.5 Å². The Morgan fingerprint density at radius 2 is 1.23 bits per heavy atom. The molecule has 0 bridgehead atoms. The Balaban J connectivity index is 0. The van der Waals surface area contributed by atoms with Gasteiger partial charge in [0, 0.05) is 18.6 Å². The maximum absolute atomic E-state index is 11.1. The molecule has 26 heavy (non-hydrogen) atoms. The van der Waals surface area contributed by atoms with Crippen molar-refractivity contribution in [3.05, 3.63) is 24.3 Å². The van der Waals surface area contributed by atoms with Crippen LogP contribution in [0.4, 0.5) is 0 Å². The molecule has 4 heteroatoms. The second-order valence-electron chi connectivity index (χ2n) is 7.12. The normalized spacial score (nSPS) is 14.0. The summed E-state index contributed by atoms with van der Waals surface area (Å²) in [6.45, 7) is 8.71. The Morgan fingerprint density at radius 3 is 1.58 bits per heavy atom. The summed E-state index contributed by atoms with van der Waals surface area (Å²) in [5, 5.41) is 11.1. The van der Waals surface area contributed by atoms with Gasteiger partial charge in [-0.15, -0.1) is 0 Å². The largest absolute Gasteiger partial charge is 1.00 e. The minimum Gasteiger partial charge on any atom is -0.549 e. The first-order valence-electron chi connectivity index (χ1n) is 10.3. The maximum Gasteiger partial charge on any atom is 1.00 e. The molecule has 0 aromatic heterocycles. The van der Waals surface area contributed by atoms with Gasteiger partial charge < -0.3 is 9.90 Å². The van der Waals surface area contributed by atoms with Crippen molar-refractivity contribution in [2.75, 3.05) is 6.54 Å². The molecule has 0 rings (SSSR count). The average Bonchev–Trinajstić information content (AvgIpc) is 2.58. The molecule has 0 radical (unpaired) electrons. The summed E-state index contributed by atoms with van der Waals surface area (Å²) in [5.41, 5.74) is 0. The molecule has 0 aromatic carbocycles. The quantitative estimate of drug-likeness (QED) is 0.241. The fourth-order valence-corrected chi connectivity index (χ4v) is 3.09. The number of allylic oxidation sites excluding steroid dienone is 4. The molecule has 0 aliphatic heterocycles. The van der Waals surface area contributed by atoms with E-state index in [2.05, 4.69) is 56.9 Å². The second-order valence-corrected chi connectivity index (χ2v) is 7.12. The van der Waals surface area contributed by atoms with Crippen molar-refractivity contribution >= 4 is 5.97 Å². The van der Waals surface area contributed by atoms with Crippen LogP contribution >= 0.6 is 0 Å². The van der Waals surface area contributed by atoms with E-state index in [0.29, 0.717) is 0 Å². The van der Waals surface area contributed by atoms with Crippen LogP contribution in [0.5, 0.6) is 0 Å². The Bertz CT molecular complexity index is 354. The minimum atomic E-state index is -0.968. The van der Waals surface area contributed by atoms with E-state index in [4.69, 9.17) is 0 Å². The van der Waals surface area contributed by atoms with Crippen molar-refractivity contribution in [3.8, 4) is 0 Å². The van der Waals surface area contributed by atoms with Gasteiger partial charge in [-0.25, -0.2) is 0 Å². The first kappa shape index (κ1) is 27.7. The number of carboxylic acid groups (broad SMARTS) is 1. The fraction of sp³-hybridized carbons (Fsp3) is 0.773. The molecule has 0 spiro atoms. The summed E-state index contributed by atoms with van der Waals surface area (Å²) in [4.78, 5) is 13.3. The summed E-state index contributed by atoms with van der Waals surface area (Å²) in [6.07, 6.45) is 20.1. The minimum absolute atomic E-state index is 0. The summed E-state index contributed by atoms with van der Waals surface area (Å²) in [6, 6.07) is 0.561. The number of aliphatic carboxylic acids is 1. The zero-order valence-electron chi connectivity index (χ0n) is 18.0. The third kappa shape index (κ3) is 15.7. The standard InChI is InChI=1S/C22H41NO2.Li/c1-5-7-9-11-13-15-17-20(3)23(19-22(24)25)21(4)18-16-14-12-10-8-6-2;/h9-12,20-21H,5-8,13-19H2,1-4H3,(H,24,25);/q;+1/p-1/b11-9+,12-10+;. The van der Waals surface area contributed by atoms with Gasteiger partial charge in [-0.3, -0.25) is 4.90 Å². The molecule has 0 N–H and O–H groups in total. The topological polar surface area (TPSA) is 43.4 Å². The van der Waals surface area contributed by atoms with E-state index >= 15 is 0 Å². The van der Waals surface area contributed by atoms with Crippen LogP contribution in [0, 0.1) is 0 Å². The van der Waals surface area contributed by atoms with Crippen LogP contribution in [-0.2, 0) is 4.79 Å². The van der Waals surface area contributed by atoms with Crippen molar-refractivity contribution < 1.29 is 28.8 Å². The number of rotatable bonds is 16. The van der Waals surface area contributed by atoms with Crippen LogP contribution in [0.25, 0.3) is 0 Å². The number of hydrogen-bond donors (Lipinski definition) is 0. The molecule has 146 valence electrons. The van der Waals surface area contributed by atoms with E-state index in [9.17, 15) is 9.90 Å². The molecule has 0 fully saturated rings. The van der Waals surface area contributed by atoms with E-state index in [0.717, 1.165) is 51.4 Å². The van der Waals surface area contributed by atoms with Crippen LogP contribution in [0.3, 0.4) is 0 Å². The van der Waals surface area contributed by atoms with Crippen LogP contribution < -0.4 is 24.0 Å². The average molecular weight is 358 g/mol. The maximum atomic E-state index is 11.1. The van der Waals surface area contributed by atoms with Crippen molar-refractivity contribution in [2.45, 2.75) is 104 Å². The van der Waals surface area contributed by atoms with Gasteiger partial charge >= 0.3 is 18.9 Å². The fourth-order valence-electron chi connectivity index (χ4n) is 3.09. The van der Waals surface area contributed by atoms with Crippen molar-refractivity contribution in [1.82, 2.24) is 4.90 Å². The van der Waals surface area contributed by atoms with E-state index in [-0.39, 0.29) is 37.5 Å². The van der Waals surface area contributed by atoms with Crippen LogP contribution in [0.2, 0.25) is 0 Å². The third-order valence-corrected chi connectivity index (χ3v) is 4.67. The molecular formula is C22H40LiNO2. The van der Waals surface area contributed by atoms with Gasteiger partial charge in [0.1, 0.15) is 0 Å². The molecule has 3 nitrogen and oxygen atoms in total. The number of unbranched alkanes of at least 4 members (excludes halogenated alkanes) is 4. The molecular weight excluding hydrogens is 317 g/mol. The Kier molecular flexibility index (Phi) is 20.6. The van der Waals surface area contributed by atoms with Crippen molar-refractivity contribution in [1.29, 1.82) is 0 Å². The molecule has 0 aromatic rings. The molecule has 0 heterocycles. The molecule has 2 atom stereocenters. The summed E-state index contributed by atoms with van der Waals surface area (Å²) in [7, 11) is 0. The molecule has 0 saturated heterocycles. The molecule has 2 unspecified atom stereocenters. The van der Waals surface area contributed by atoms with E-state index in [1.807, 2.05) is 0 Å². The monoisotopic (exact) mass is 357 g/mol. The van der Waals surface area contributed by atoms with Crippen molar-refractivity contribution in [3.63, 3.8) is 0 Å². The second kappa shape index (κ2) is 19.3. The van der Waals surface area contributed by atoms with E-state index in [1.165, 1.54) is 12.8 Å². The summed E-state index contributed by atoms with van der Waals surface area (Å²) < 4.78 is 0. The molecule has 0 amide bonds. The first-order chi connectivity index (χ1) is 12.0. The number of carboxylic acids is 1. The molecule has 0 aliphatic carbocycles. The summed E-state index contributed by atoms with van der Waals surface area (Å²) in [5.74, 6) is -0.968. The Morgan fingerprint density at radius 1 is 0.846 bits per heavy atom. The smallest absolute Gasteiger partial charge is 0.549 e. The third-order valence-electron chi connectivity index (χ3n) is 4.67. The predicted molar refractivity (Wildman–Crippen MR) is 106 cm³/mol. The van der Waals surface area contributed by atoms with Gasteiger partial charge in [-0.05, 0) is 65.2 Å². The zero-order chi connectivity index (χ0) is 18.9. The Hall–Kier alpha value is -0.493. The summed E-state index contributed by atoms with van der Waals surface area (Å²) >= 11 is 0. The van der Waals surface area contributed by atoms with Crippen molar-refractivity contribution in [2.24, 2.45) is 0 Å². The number of nitrogens with zero attached hydrogens (tertiary/aromatic N) is 1. The van der Waals surface area contributed by atoms with E-state index < -0.39 is 5.97 Å². The zero-order valence-corrected chi connectivity index (χ0v) is 18.0. The van der Waals surface area contributed by atoms with Crippen LogP contribution in [0.1, 0.15) is 91.9 Å². The predicted octanol–water partition coefficient (Wildman–Crippen LogP) is 1.87. The van der Waals surface area contributed by atoms with Crippen LogP contribution in [0.15, 0.2) is 24.3 Å². The SMILES string of the molecule is CCC/C=C/CCCC(C)N(CC(=O)[O-])C(C)CCC/C=C/CCC.[Li+]. The van der Waals surface area contributed by atoms with Gasteiger partial charge in [-0.1, -0.05) is 51.0 Å². The van der Waals surface area contributed by atoms with E-state index in [1.54, 1.807) is 0 Å². The van der Waals surface area contributed by atoms with Gasteiger partial charge in [0.2, 0.25) is 0 Å². The number of carbonyl (C=O) groups excluding carboxylic acids is 1.